The molecule has 0 N–H and O–H groups in total. The molecule has 0 spiro atoms. The van der Waals surface area contributed by atoms with Gasteiger partial charge in [0.2, 0.25) is 0 Å². The molecule has 0 aliphatic heterocycles. The first-order chi connectivity index (χ1) is 8.22. The molecule has 0 aliphatic carbocycles. The molecular formula is C14H16ClNO. The van der Waals surface area contributed by atoms with Gasteiger partial charge < -0.3 is 9.30 Å². The second-order valence-corrected chi connectivity index (χ2v) is 4.53. The summed E-state index contributed by atoms with van der Waals surface area (Å²) < 4.78 is 7.79. The summed E-state index contributed by atoms with van der Waals surface area (Å²) in [7, 11) is 0. The van der Waals surface area contributed by atoms with Crippen LogP contribution < -0.4 is 4.74 Å². The van der Waals surface area contributed by atoms with Gasteiger partial charge >= 0.3 is 0 Å². The highest BCUT2D eigenvalue weighted by molar-refractivity contribution is 6.29. The number of nitrogens with zero attached hydrogens (tertiary/aromatic N) is 1. The Morgan fingerprint density at radius 1 is 1.41 bits per heavy atom. The molecule has 2 rings (SSSR count). The van der Waals surface area contributed by atoms with Gasteiger partial charge in [-0.2, -0.15) is 0 Å². The van der Waals surface area contributed by atoms with Gasteiger partial charge in [0.25, 0.3) is 0 Å². The normalized spacial score (nSPS) is 10.7. The molecule has 17 heavy (non-hydrogen) atoms. The van der Waals surface area contributed by atoms with Gasteiger partial charge in [-0.25, -0.2) is 0 Å². The lowest BCUT2D eigenvalue weighted by molar-refractivity contribution is 0.321. The van der Waals surface area contributed by atoms with Crippen molar-refractivity contribution in [3.8, 4) is 5.75 Å². The van der Waals surface area contributed by atoms with E-state index in [1.807, 2.05) is 18.3 Å². The molecule has 3 heteroatoms. The van der Waals surface area contributed by atoms with E-state index in [9.17, 15) is 0 Å². The van der Waals surface area contributed by atoms with Crippen LogP contribution >= 0.6 is 11.6 Å². The number of benzene rings is 1. The number of rotatable bonds is 5. The van der Waals surface area contributed by atoms with Crippen LogP contribution in [0.5, 0.6) is 5.75 Å². The lowest BCUT2D eigenvalue weighted by Gasteiger charge is -2.07. The van der Waals surface area contributed by atoms with Crippen molar-refractivity contribution in [3.05, 3.63) is 42.1 Å². The van der Waals surface area contributed by atoms with E-state index in [0.717, 1.165) is 29.7 Å². The third-order valence-corrected chi connectivity index (χ3v) is 2.70. The van der Waals surface area contributed by atoms with Crippen LogP contribution in [0.15, 0.2) is 42.1 Å². The molecule has 0 bridgehead atoms. The minimum absolute atomic E-state index is 0.627. The summed E-state index contributed by atoms with van der Waals surface area (Å²) in [6.07, 6.45) is 3.02. The molecule has 1 aromatic carbocycles. The second kappa shape index (κ2) is 5.28. The molecule has 0 atom stereocenters. The van der Waals surface area contributed by atoms with E-state index in [0.29, 0.717) is 11.6 Å². The Balaban J connectivity index is 2.38. The molecule has 0 radical (unpaired) electrons. The second-order valence-electron chi connectivity index (χ2n) is 4.00. The summed E-state index contributed by atoms with van der Waals surface area (Å²) in [5.74, 6) is 0.934. The minimum atomic E-state index is 0.627. The van der Waals surface area contributed by atoms with Gasteiger partial charge in [-0.1, -0.05) is 31.2 Å². The van der Waals surface area contributed by atoms with Gasteiger partial charge in [0.05, 0.1) is 18.7 Å². The number of halogens is 1. The highest BCUT2D eigenvalue weighted by atomic mass is 35.5. The van der Waals surface area contributed by atoms with Gasteiger partial charge in [0.1, 0.15) is 5.75 Å². The molecule has 0 unspecified atom stereocenters. The summed E-state index contributed by atoms with van der Waals surface area (Å²) in [6.45, 7) is 7.19. The molecule has 2 aromatic rings. The maximum Gasteiger partial charge on any atom is 0.128 e. The fourth-order valence-electron chi connectivity index (χ4n) is 1.86. The first kappa shape index (κ1) is 12.1. The third-order valence-electron chi connectivity index (χ3n) is 2.58. The minimum Gasteiger partial charge on any atom is -0.493 e. The quantitative estimate of drug-likeness (QED) is 0.775. The van der Waals surface area contributed by atoms with Crippen molar-refractivity contribution in [1.29, 1.82) is 0 Å². The van der Waals surface area contributed by atoms with Crippen LogP contribution in [-0.4, -0.2) is 11.2 Å². The Kier molecular flexibility index (Phi) is 3.75. The first-order valence-electron chi connectivity index (χ1n) is 5.76. The average molecular weight is 250 g/mol. The van der Waals surface area contributed by atoms with Crippen LogP contribution in [0.1, 0.15) is 13.3 Å². The van der Waals surface area contributed by atoms with E-state index in [4.69, 9.17) is 16.3 Å². The lowest BCUT2D eigenvalue weighted by Crippen LogP contribution is -1.97. The van der Waals surface area contributed by atoms with Crippen LogP contribution in [0.3, 0.4) is 0 Å². The van der Waals surface area contributed by atoms with E-state index < -0.39 is 0 Å². The number of ether oxygens (including phenoxy) is 1. The topological polar surface area (TPSA) is 14.2 Å². The van der Waals surface area contributed by atoms with Crippen molar-refractivity contribution in [2.45, 2.75) is 19.9 Å². The smallest absolute Gasteiger partial charge is 0.128 e. The highest BCUT2D eigenvalue weighted by Gasteiger charge is 2.06. The van der Waals surface area contributed by atoms with Gasteiger partial charge in [0, 0.05) is 16.6 Å². The Morgan fingerprint density at radius 3 is 2.94 bits per heavy atom. The van der Waals surface area contributed by atoms with Crippen molar-refractivity contribution in [2.75, 3.05) is 6.61 Å². The molecule has 1 aromatic heterocycles. The molecule has 1 heterocycles. The summed E-state index contributed by atoms with van der Waals surface area (Å²) in [6, 6.07) is 8.12. The number of allylic oxidation sites excluding steroid dienone is 1. The lowest BCUT2D eigenvalue weighted by atomic mass is 10.2. The number of hydrogen-bond donors (Lipinski definition) is 0. The summed E-state index contributed by atoms with van der Waals surface area (Å²) in [4.78, 5) is 0. The van der Waals surface area contributed by atoms with Crippen molar-refractivity contribution in [1.82, 2.24) is 4.57 Å². The molecule has 0 saturated heterocycles. The Hall–Kier alpha value is -1.41. The average Bonchev–Trinajstić information content (AvgIpc) is 2.70. The standard InChI is InChI=1S/C14H16ClNO/c1-3-9-17-14-6-4-5-13-12(14)7-8-16(13)10-11(2)15/h4-8H,2-3,9-10H2,1H3. The maximum atomic E-state index is 5.85. The van der Waals surface area contributed by atoms with Crippen molar-refractivity contribution >= 4 is 22.5 Å². The predicted molar refractivity (Wildman–Crippen MR) is 72.7 cm³/mol. The van der Waals surface area contributed by atoms with Gasteiger partial charge in [-0.15, -0.1) is 0 Å². The van der Waals surface area contributed by atoms with Crippen LogP contribution in [0.25, 0.3) is 10.9 Å². The van der Waals surface area contributed by atoms with E-state index in [1.54, 1.807) is 0 Å². The van der Waals surface area contributed by atoms with Gasteiger partial charge in [-0.3, -0.25) is 0 Å². The maximum absolute atomic E-state index is 5.85. The van der Waals surface area contributed by atoms with Crippen LogP contribution in [0.4, 0.5) is 0 Å². The number of fused-ring (bicyclic) bond motifs is 1. The molecule has 90 valence electrons. The molecule has 0 aliphatic rings. The third kappa shape index (κ3) is 2.64. The Bertz CT molecular complexity index is 530. The van der Waals surface area contributed by atoms with Gasteiger partial charge in [0.15, 0.2) is 0 Å². The first-order valence-corrected chi connectivity index (χ1v) is 6.14. The molecule has 0 amide bonds. The SMILES string of the molecule is C=C(Cl)Cn1ccc2c(OCCC)cccc21. The van der Waals surface area contributed by atoms with E-state index in [2.05, 4.69) is 30.2 Å². The zero-order valence-corrected chi connectivity index (χ0v) is 10.7. The zero-order chi connectivity index (χ0) is 12.3. The highest BCUT2D eigenvalue weighted by Crippen LogP contribution is 2.27. The summed E-state index contributed by atoms with van der Waals surface area (Å²) >= 11 is 5.85. The molecule has 0 fully saturated rings. The number of aromatic nitrogens is 1. The van der Waals surface area contributed by atoms with Gasteiger partial charge in [-0.05, 0) is 24.6 Å². The largest absolute Gasteiger partial charge is 0.493 e. The molecule has 2 nitrogen and oxygen atoms in total. The van der Waals surface area contributed by atoms with Crippen LogP contribution in [0, 0.1) is 0 Å². The summed E-state index contributed by atoms with van der Waals surface area (Å²) in [5.41, 5.74) is 1.13. The van der Waals surface area contributed by atoms with E-state index in [-0.39, 0.29) is 0 Å². The Morgan fingerprint density at radius 2 is 2.24 bits per heavy atom. The molecule has 0 saturated carbocycles. The van der Waals surface area contributed by atoms with Crippen LogP contribution in [-0.2, 0) is 6.54 Å². The molecular weight excluding hydrogens is 234 g/mol. The van der Waals surface area contributed by atoms with E-state index in [1.165, 1.54) is 0 Å². The fourth-order valence-corrected chi connectivity index (χ4v) is 1.98. The van der Waals surface area contributed by atoms with Crippen molar-refractivity contribution in [3.63, 3.8) is 0 Å². The van der Waals surface area contributed by atoms with E-state index >= 15 is 0 Å². The van der Waals surface area contributed by atoms with Crippen molar-refractivity contribution in [2.24, 2.45) is 0 Å². The van der Waals surface area contributed by atoms with Crippen molar-refractivity contribution < 1.29 is 4.74 Å². The van der Waals surface area contributed by atoms with Crippen LogP contribution in [0.2, 0.25) is 0 Å². The number of hydrogen-bond acceptors (Lipinski definition) is 1. The fraction of sp³-hybridized carbons (Fsp3) is 0.286. The zero-order valence-electron chi connectivity index (χ0n) is 9.95. The predicted octanol–water partition coefficient (Wildman–Crippen LogP) is 4.18. The Labute approximate surface area is 106 Å². The monoisotopic (exact) mass is 249 g/mol. The summed E-state index contributed by atoms with van der Waals surface area (Å²) in [5, 5.41) is 1.75.